The Morgan fingerprint density at radius 3 is 2.91 bits per heavy atom. The fourth-order valence-corrected chi connectivity index (χ4v) is 4.31. The number of rotatable bonds is 4. The molecule has 2 aromatic heterocycles. The van der Waals surface area contributed by atoms with Gasteiger partial charge in [0.2, 0.25) is 11.8 Å². The highest BCUT2D eigenvalue weighted by Gasteiger charge is 2.33. The average Bonchev–Trinajstić information content (AvgIpc) is 3.18. The first-order valence-electron chi connectivity index (χ1n) is 7.02. The van der Waals surface area contributed by atoms with Gasteiger partial charge in [-0.25, -0.2) is 0 Å². The van der Waals surface area contributed by atoms with Crippen molar-refractivity contribution in [2.24, 2.45) is 0 Å². The molecular formula is C13H18N4O3S2. The number of aromatic nitrogens is 2. The lowest BCUT2D eigenvalue weighted by atomic mass is 10.00. The van der Waals surface area contributed by atoms with Crippen molar-refractivity contribution in [1.82, 2.24) is 18.8 Å². The van der Waals surface area contributed by atoms with Crippen LogP contribution in [0.25, 0.3) is 11.5 Å². The lowest BCUT2D eigenvalue weighted by molar-refractivity contribution is 0.274. The maximum atomic E-state index is 12.2. The van der Waals surface area contributed by atoms with Gasteiger partial charge in [0.1, 0.15) is 0 Å². The van der Waals surface area contributed by atoms with Crippen LogP contribution < -0.4 is 0 Å². The zero-order valence-corrected chi connectivity index (χ0v) is 14.1. The van der Waals surface area contributed by atoms with Gasteiger partial charge in [0.25, 0.3) is 10.2 Å². The largest absolute Gasteiger partial charge is 0.420 e. The molecule has 1 fully saturated rings. The fraction of sp³-hybridized carbons (Fsp3) is 0.538. The molecule has 1 atom stereocenters. The Kier molecular flexibility index (Phi) is 4.31. The van der Waals surface area contributed by atoms with Crippen molar-refractivity contribution in [3.63, 3.8) is 0 Å². The van der Waals surface area contributed by atoms with Gasteiger partial charge >= 0.3 is 0 Å². The van der Waals surface area contributed by atoms with Crippen LogP contribution in [0.1, 0.15) is 24.7 Å². The van der Waals surface area contributed by atoms with Crippen molar-refractivity contribution in [2.75, 3.05) is 27.2 Å². The number of hydrogen-bond acceptors (Lipinski definition) is 6. The minimum absolute atomic E-state index is 0.0524. The maximum Gasteiger partial charge on any atom is 0.281 e. The van der Waals surface area contributed by atoms with Gasteiger partial charge in [-0.15, -0.1) is 10.2 Å². The van der Waals surface area contributed by atoms with E-state index in [1.54, 1.807) is 25.4 Å². The van der Waals surface area contributed by atoms with E-state index < -0.39 is 10.2 Å². The van der Waals surface area contributed by atoms with Crippen LogP contribution in [-0.4, -0.2) is 54.4 Å². The van der Waals surface area contributed by atoms with Crippen molar-refractivity contribution in [3.05, 3.63) is 22.7 Å². The summed E-state index contributed by atoms with van der Waals surface area (Å²) in [6.45, 7) is 0.911. The van der Waals surface area contributed by atoms with Crippen molar-refractivity contribution < 1.29 is 12.8 Å². The molecule has 1 unspecified atom stereocenters. The zero-order chi connectivity index (χ0) is 15.7. The third-order valence-electron chi connectivity index (χ3n) is 3.73. The van der Waals surface area contributed by atoms with Gasteiger partial charge in [-0.05, 0) is 24.3 Å². The summed E-state index contributed by atoms with van der Waals surface area (Å²) < 4.78 is 32.9. The molecule has 1 aliphatic heterocycles. The van der Waals surface area contributed by atoms with Gasteiger partial charge in [0.05, 0.1) is 5.92 Å². The van der Waals surface area contributed by atoms with E-state index in [0.29, 0.717) is 24.9 Å². The molecule has 0 saturated carbocycles. The summed E-state index contributed by atoms with van der Waals surface area (Å²) in [5, 5.41) is 12.1. The molecule has 1 aliphatic rings. The summed E-state index contributed by atoms with van der Waals surface area (Å²) in [7, 11) is -0.315. The topological polar surface area (TPSA) is 79.5 Å². The normalized spacial score (nSPS) is 20.6. The summed E-state index contributed by atoms with van der Waals surface area (Å²) in [5.41, 5.74) is 0.900. The van der Waals surface area contributed by atoms with E-state index in [1.807, 2.05) is 16.8 Å². The summed E-state index contributed by atoms with van der Waals surface area (Å²) in [5.74, 6) is 0.951. The van der Waals surface area contributed by atoms with Gasteiger partial charge in [0, 0.05) is 38.1 Å². The monoisotopic (exact) mass is 342 g/mol. The molecule has 9 heteroatoms. The first-order valence-corrected chi connectivity index (χ1v) is 9.36. The molecule has 22 heavy (non-hydrogen) atoms. The van der Waals surface area contributed by atoms with Gasteiger partial charge in [-0.3, -0.25) is 0 Å². The van der Waals surface area contributed by atoms with Gasteiger partial charge in [-0.2, -0.15) is 28.4 Å². The maximum absolute atomic E-state index is 12.2. The molecular weight excluding hydrogens is 324 g/mol. The number of nitrogens with zero attached hydrogens (tertiary/aromatic N) is 4. The van der Waals surface area contributed by atoms with Crippen LogP contribution in [0.5, 0.6) is 0 Å². The van der Waals surface area contributed by atoms with E-state index >= 15 is 0 Å². The first-order chi connectivity index (χ1) is 10.5. The van der Waals surface area contributed by atoms with Crippen molar-refractivity contribution in [1.29, 1.82) is 0 Å². The molecule has 3 heterocycles. The molecule has 0 aliphatic carbocycles. The number of thiophene rings is 1. The van der Waals surface area contributed by atoms with E-state index in [4.69, 9.17) is 4.42 Å². The second-order valence-corrected chi connectivity index (χ2v) is 8.37. The highest BCUT2D eigenvalue weighted by molar-refractivity contribution is 7.86. The van der Waals surface area contributed by atoms with Gasteiger partial charge < -0.3 is 4.42 Å². The smallest absolute Gasteiger partial charge is 0.281 e. The van der Waals surface area contributed by atoms with Crippen LogP contribution in [0.2, 0.25) is 0 Å². The quantitative estimate of drug-likeness (QED) is 0.846. The first kappa shape index (κ1) is 15.6. The molecule has 2 aromatic rings. The third-order valence-corrected chi connectivity index (χ3v) is 6.32. The fourth-order valence-electron chi connectivity index (χ4n) is 2.49. The van der Waals surface area contributed by atoms with E-state index in [2.05, 4.69) is 10.2 Å². The predicted octanol–water partition coefficient (Wildman–Crippen LogP) is 1.78. The van der Waals surface area contributed by atoms with E-state index in [9.17, 15) is 8.42 Å². The van der Waals surface area contributed by atoms with Crippen LogP contribution in [0.3, 0.4) is 0 Å². The molecule has 0 amide bonds. The molecule has 1 saturated heterocycles. The molecule has 120 valence electrons. The Morgan fingerprint density at radius 2 is 2.23 bits per heavy atom. The Bertz CT molecular complexity index is 724. The lowest BCUT2D eigenvalue weighted by Crippen LogP contribution is -2.44. The van der Waals surface area contributed by atoms with Crippen molar-refractivity contribution in [2.45, 2.75) is 18.8 Å². The number of piperidine rings is 1. The molecule has 0 bridgehead atoms. The number of hydrogen-bond donors (Lipinski definition) is 0. The molecule has 0 spiro atoms. The lowest BCUT2D eigenvalue weighted by Gasteiger charge is -2.31. The van der Waals surface area contributed by atoms with Crippen LogP contribution in [-0.2, 0) is 10.2 Å². The van der Waals surface area contributed by atoms with Crippen molar-refractivity contribution >= 4 is 21.5 Å². The van der Waals surface area contributed by atoms with Crippen LogP contribution in [0, 0.1) is 0 Å². The Hall–Kier alpha value is -1.29. The summed E-state index contributed by atoms with van der Waals surface area (Å²) in [4.78, 5) is 0. The van der Waals surface area contributed by atoms with E-state index in [-0.39, 0.29) is 5.92 Å². The SMILES string of the molecule is CN(C)S(=O)(=O)N1CCCC(c2nnc(-c3ccsc3)o2)C1. The second-order valence-electron chi connectivity index (χ2n) is 5.44. The highest BCUT2D eigenvalue weighted by atomic mass is 32.2. The van der Waals surface area contributed by atoms with Gasteiger partial charge in [-0.1, -0.05) is 0 Å². The summed E-state index contributed by atoms with van der Waals surface area (Å²) in [6, 6.07) is 1.92. The van der Waals surface area contributed by atoms with Crippen molar-refractivity contribution in [3.8, 4) is 11.5 Å². The average molecular weight is 342 g/mol. The predicted molar refractivity (Wildman–Crippen MR) is 83.8 cm³/mol. The Balaban J connectivity index is 1.78. The van der Waals surface area contributed by atoms with Gasteiger partial charge in [0.15, 0.2) is 0 Å². The minimum atomic E-state index is -3.40. The minimum Gasteiger partial charge on any atom is -0.420 e. The Labute approximate surface area is 133 Å². The molecule has 0 N–H and O–H groups in total. The zero-order valence-electron chi connectivity index (χ0n) is 12.5. The van der Waals surface area contributed by atoms with E-state index in [0.717, 1.165) is 18.4 Å². The second kappa shape index (κ2) is 6.07. The standard InChI is InChI=1S/C13H18N4O3S2/c1-16(2)22(18,19)17-6-3-4-10(8-17)12-14-15-13(20-12)11-5-7-21-9-11/h5,7,9-10H,3-4,6,8H2,1-2H3. The molecule has 0 aromatic carbocycles. The highest BCUT2D eigenvalue weighted by Crippen LogP contribution is 2.30. The van der Waals surface area contributed by atoms with Crippen LogP contribution in [0.15, 0.2) is 21.2 Å². The summed E-state index contributed by atoms with van der Waals surface area (Å²) >= 11 is 1.57. The Morgan fingerprint density at radius 1 is 1.41 bits per heavy atom. The van der Waals surface area contributed by atoms with Crippen LogP contribution in [0.4, 0.5) is 0 Å². The van der Waals surface area contributed by atoms with Crippen LogP contribution >= 0.6 is 11.3 Å². The third kappa shape index (κ3) is 2.94. The molecule has 0 radical (unpaired) electrons. The van der Waals surface area contributed by atoms with E-state index in [1.165, 1.54) is 8.61 Å². The summed E-state index contributed by atoms with van der Waals surface area (Å²) in [6.07, 6.45) is 1.64. The molecule has 3 rings (SSSR count). The molecule has 7 nitrogen and oxygen atoms in total.